The van der Waals surface area contributed by atoms with E-state index in [-0.39, 0.29) is 5.82 Å². The first-order chi connectivity index (χ1) is 10.2. The number of nitrogens with one attached hydrogen (secondary N) is 1. The molecule has 2 rings (SSSR count). The van der Waals surface area contributed by atoms with Crippen molar-refractivity contribution in [2.75, 3.05) is 20.3 Å². The van der Waals surface area contributed by atoms with Gasteiger partial charge in [-0.3, -0.25) is 0 Å². The number of nitrogens with zero attached hydrogens (tertiary/aromatic N) is 1. The lowest BCUT2D eigenvalue weighted by atomic mass is 10.2. The van der Waals surface area contributed by atoms with Gasteiger partial charge < -0.3 is 14.8 Å². The van der Waals surface area contributed by atoms with Crippen LogP contribution in [0, 0.1) is 12.7 Å². The molecule has 0 spiro atoms. The Kier molecular flexibility index (Phi) is 5.66. The van der Waals surface area contributed by atoms with Gasteiger partial charge in [0, 0.05) is 38.5 Å². The van der Waals surface area contributed by atoms with Crippen molar-refractivity contribution in [1.82, 2.24) is 10.3 Å². The standard InChI is InChI=1S/C16H19FN2O2/c1-12-3-5-14(17)9-15(12)21-16-6-4-13(11-19-16)10-18-7-8-20-2/h3-6,9,11,18H,7-8,10H2,1-2H3. The fourth-order valence-electron chi connectivity index (χ4n) is 1.78. The Hall–Kier alpha value is -1.98. The summed E-state index contributed by atoms with van der Waals surface area (Å²) >= 11 is 0. The zero-order valence-electron chi connectivity index (χ0n) is 12.2. The molecule has 112 valence electrons. The van der Waals surface area contributed by atoms with Crippen LogP contribution in [0.5, 0.6) is 11.6 Å². The maximum absolute atomic E-state index is 13.2. The molecular formula is C16H19FN2O2. The first-order valence-corrected chi connectivity index (χ1v) is 6.77. The molecule has 1 aromatic heterocycles. The van der Waals surface area contributed by atoms with Crippen LogP contribution in [0.2, 0.25) is 0 Å². The zero-order chi connectivity index (χ0) is 15.1. The average Bonchev–Trinajstić information content (AvgIpc) is 2.49. The van der Waals surface area contributed by atoms with Crippen molar-refractivity contribution in [2.45, 2.75) is 13.5 Å². The predicted octanol–water partition coefficient (Wildman–Crippen LogP) is 3.06. The highest BCUT2D eigenvalue weighted by molar-refractivity contribution is 5.35. The molecule has 4 nitrogen and oxygen atoms in total. The van der Waals surface area contributed by atoms with E-state index in [0.717, 1.165) is 24.2 Å². The molecule has 0 aliphatic carbocycles. The van der Waals surface area contributed by atoms with Crippen LogP contribution in [-0.2, 0) is 11.3 Å². The number of methoxy groups -OCH3 is 1. The van der Waals surface area contributed by atoms with Crippen molar-refractivity contribution >= 4 is 0 Å². The van der Waals surface area contributed by atoms with Gasteiger partial charge in [-0.1, -0.05) is 12.1 Å². The van der Waals surface area contributed by atoms with E-state index < -0.39 is 0 Å². The molecule has 0 atom stereocenters. The van der Waals surface area contributed by atoms with E-state index in [1.807, 2.05) is 13.0 Å². The summed E-state index contributed by atoms with van der Waals surface area (Å²) < 4.78 is 23.8. The summed E-state index contributed by atoms with van der Waals surface area (Å²) in [6.45, 7) is 4.04. The number of hydrogen-bond donors (Lipinski definition) is 1. The van der Waals surface area contributed by atoms with Crippen LogP contribution in [0.15, 0.2) is 36.5 Å². The van der Waals surface area contributed by atoms with Gasteiger partial charge in [0.05, 0.1) is 6.61 Å². The number of hydrogen-bond acceptors (Lipinski definition) is 4. The van der Waals surface area contributed by atoms with E-state index in [4.69, 9.17) is 9.47 Å². The monoisotopic (exact) mass is 290 g/mol. The van der Waals surface area contributed by atoms with Crippen LogP contribution in [0.3, 0.4) is 0 Å². The lowest BCUT2D eigenvalue weighted by Crippen LogP contribution is -2.18. The van der Waals surface area contributed by atoms with Gasteiger partial charge in [0.2, 0.25) is 5.88 Å². The molecule has 0 aliphatic heterocycles. The van der Waals surface area contributed by atoms with Crippen LogP contribution in [0.1, 0.15) is 11.1 Å². The first-order valence-electron chi connectivity index (χ1n) is 6.77. The predicted molar refractivity (Wildman–Crippen MR) is 79.0 cm³/mol. The highest BCUT2D eigenvalue weighted by Gasteiger charge is 2.04. The van der Waals surface area contributed by atoms with Crippen LogP contribution in [-0.4, -0.2) is 25.2 Å². The van der Waals surface area contributed by atoms with Gasteiger partial charge in [-0.15, -0.1) is 0 Å². The van der Waals surface area contributed by atoms with Crippen LogP contribution in [0.25, 0.3) is 0 Å². The summed E-state index contributed by atoms with van der Waals surface area (Å²) in [7, 11) is 1.67. The highest BCUT2D eigenvalue weighted by atomic mass is 19.1. The van der Waals surface area contributed by atoms with Gasteiger partial charge >= 0.3 is 0 Å². The Morgan fingerprint density at radius 2 is 2.10 bits per heavy atom. The smallest absolute Gasteiger partial charge is 0.219 e. The van der Waals surface area contributed by atoms with E-state index >= 15 is 0 Å². The average molecular weight is 290 g/mol. The van der Waals surface area contributed by atoms with Gasteiger partial charge in [-0.2, -0.15) is 0 Å². The maximum atomic E-state index is 13.2. The SMILES string of the molecule is COCCNCc1ccc(Oc2cc(F)ccc2C)nc1. The van der Waals surface area contributed by atoms with Gasteiger partial charge in [0.25, 0.3) is 0 Å². The second kappa shape index (κ2) is 7.71. The minimum atomic E-state index is -0.324. The van der Waals surface area contributed by atoms with Crippen molar-refractivity contribution in [1.29, 1.82) is 0 Å². The second-order valence-electron chi connectivity index (χ2n) is 4.69. The van der Waals surface area contributed by atoms with Crippen molar-refractivity contribution in [3.63, 3.8) is 0 Å². The number of aromatic nitrogens is 1. The Morgan fingerprint density at radius 3 is 2.81 bits per heavy atom. The summed E-state index contributed by atoms with van der Waals surface area (Å²) in [5.41, 5.74) is 1.91. The maximum Gasteiger partial charge on any atom is 0.219 e. The van der Waals surface area contributed by atoms with Gasteiger partial charge in [-0.25, -0.2) is 9.37 Å². The molecule has 0 bridgehead atoms. The molecule has 0 fully saturated rings. The third kappa shape index (κ3) is 4.81. The molecule has 1 N–H and O–H groups in total. The molecule has 0 radical (unpaired) electrons. The summed E-state index contributed by atoms with van der Waals surface area (Å²) in [5, 5.41) is 3.23. The third-order valence-electron chi connectivity index (χ3n) is 2.97. The minimum absolute atomic E-state index is 0.324. The number of benzene rings is 1. The van der Waals surface area contributed by atoms with Crippen molar-refractivity contribution in [3.8, 4) is 11.6 Å². The fraction of sp³-hybridized carbons (Fsp3) is 0.312. The molecular weight excluding hydrogens is 271 g/mol. The Labute approximate surface area is 123 Å². The number of halogens is 1. The zero-order valence-corrected chi connectivity index (χ0v) is 12.2. The molecule has 0 unspecified atom stereocenters. The van der Waals surface area contributed by atoms with Crippen molar-refractivity contribution < 1.29 is 13.9 Å². The first kappa shape index (κ1) is 15.4. The van der Waals surface area contributed by atoms with E-state index in [1.54, 1.807) is 25.4 Å². The molecule has 0 amide bonds. The van der Waals surface area contributed by atoms with Crippen molar-refractivity contribution in [2.24, 2.45) is 0 Å². The summed E-state index contributed by atoms with van der Waals surface area (Å²) in [5.74, 6) is 0.604. The minimum Gasteiger partial charge on any atom is -0.439 e. The van der Waals surface area contributed by atoms with Gasteiger partial charge in [-0.05, 0) is 24.1 Å². The largest absolute Gasteiger partial charge is 0.439 e. The van der Waals surface area contributed by atoms with E-state index in [2.05, 4.69) is 10.3 Å². The Bertz CT molecular complexity index is 573. The Balaban J connectivity index is 1.94. The van der Waals surface area contributed by atoms with Crippen LogP contribution >= 0.6 is 0 Å². The summed E-state index contributed by atoms with van der Waals surface area (Å²) in [6, 6.07) is 8.15. The molecule has 2 aromatic rings. The normalized spacial score (nSPS) is 10.6. The Morgan fingerprint density at radius 1 is 1.24 bits per heavy atom. The molecule has 0 saturated heterocycles. The molecule has 0 saturated carbocycles. The lowest BCUT2D eigenvalue weighted by Gasteiger charge is -2.09. The fourth-order valence-corrected chi connectivity index (χ4v) is 1.78. The van der Waals surface area contributed by atoms with E-state index in [1.165, 1.54) is 12.1 Å². The molecule has 1 aromatic carbocycles. The van der Waals surface area contributed by atoms with Crippen LogP contribution < -0.4 is 10.1 Å². The molecule has 21 heavy (non-hydrogen) atoms. The number of rotatable bonds is 7. The number of ether oxygens (including phenoxy) is 2. The third-order valence-corrected chi connectivity index (χ3v) is 2.97. The second-order valence-corrected chi connectivity index (χ2v) is 4.69. The molecule has 5 heteroatoms. The van der Waals surface area contributed by atoms with Gasteiger partial charge in [0.1, 0.15) is 11.6 Å². The van der Waals surface area contributed by atoms with E-state index in [9.17, 15) is 4.39 Å². The molecule has 1 heterocycles. The number of pyridine rings is 1. The quantitative estimate of drug-likeness (QED) is 0.796. The lowest BCUT2D eigenvalue weighted by molar-refractivity contribution is 0.199. The van der Waals surface area contributed by atoms with Crippen LogP contribution in [0.4, 0.5) is 4.39 Å². The highest BCUT2D eigenvalue weighted by Crippen LogP contribution is 2.24. The summed E-state index contributed by atoms with van der Waals surface area (Å²) in [6.07, 6.45) is 1.74. The number of aryl methyl sites for hydroxylation is 1. The van der Waals surface area contributed by atoms with Crippen molar-refractivity contribution in [3.05, 3.63) is 53.5 Å². The summed E-state index contributed by atoms with van der Waals surface area (Å²) in [4.78, 5) is 4.23. The molecule has 0 aliphatic rings. The topological polar surface area (TPSA) is 43.4 Å². The van der Waals surface area contributed by atoms with Gasteiger partial charge in [0.15, 0.2) is 0 Å². The van der Waals surface area contributed by atoms with E-state index in [0.29, 0.717) is 18.2 Å².